The fourth-order valence-corrected chi connectivity index (χ4v) is 2.47. The van der Waals surface area contributed by atoms with Gasteiger partial charge < -0.3 is 20.7 Å². The van der Waals surface area contributed by atoms with E-state index in [4.69, 9.17) is 4.74 Å². The Labute approximate surface area is 166 Å². The average Bonchev–Trinajstić information content (AvgIpc) is 2.65. The van der Waals surface area contributed by atoms with Gasteiger partial charge in [0.15, 0.2) is 0 Å². The van der Waals surface area contributed by atoms with E-state index in [0.29, 0.717) is 30.3 Å². The number of hydrogen-bond donors (Lipinski definition) is 3. The molecule has 3 N–H and O–H groups in total. The fraction of sp³-hybridized carbons (Fsp3) is 0.364. The second kappa shape index (κ2) is 11.0. The molecule has 0 aliphatic heterocycles. The number of rotatable bonds is 10. The summed E-state index contributed by atoms with van der Waals surface area (Å²) in [5.74, 6) is 1.01. The first-order valence-corrected chi connectivity index (χ1v) is 9.62. The van der Waals surface area contributed by atoms with Crippen LogP contribution in [0.2, 0.25) is 0 Å². The summed E-state index contributed by atoms with van der Waals surface area (Å²) in [5.41, 5.74) is 2.12. The van der Waals surface area contributed by atoms with Gasteiger partial charge in [0.2, 0.25) is 11.8 Å². The van der Waals surface area contributed by atoms with E-state index in [2.05, 4.69) is 29.8 Å². The van der Waals surface area contributed by atoms with Crippen molar-refractivity contribution in [2.45, 2.75) is 33.6 Å². The third-order valence-corrected chi connectivity index (χ3v) is 3.78. The Bertz CT molecular complexity index is 790. The topological polar surface area (TPSA) is 79.5 Å². The summed E-state index contributed by atoms with van der Waals surface area (Å²) in [6, 6.07) is 14.7. The summed E-state index contributed by atoms with van der Waals surface area (Å²) in [7, 11) is 0. The maximum absolute atomic E-state index is 12.2. The first kappa shape index (κ1) is 21.3. The number of benzene rings is 2. The van der Waals surface area contributed by atoms with Gasteiger partial charge in [-0.3, -0.25) is 9.59 Å². The number of hydrogen-bond acceptors (Lipinski definition) is 4. The van der Waals surface area contributed by atoms with Crippen molar-refractivity contribution in [3.63, 3.8) is 0 Å². The van der Waals surface area contributed by atoms with E-state index in [0.717, 1.165) is 17.9 Å². The highest BCUT2D eigenvalue weighted by Gasteiger charge is 2.06. The molecule has 28 heavy (non-hydrogen) atoms. The lowest BCUT2D eigenvalue weighted by atomic mass is 10.2. The predicted octanol–water partition coefficient (Wildman–Crippen LogP) is 4.51. The number of amides is 2. The van der Waals surface area contributed by atoms with Gasteiger partial charge in [-0.2, -0.15) is 0 Å². The van der Waals surface area contributed by atoms with Crippen LogP contribution in [-0.2, 0) is 9.59 Å². The van der Waals surface area contributed by atoms with Gasteiger partial charge in [-0.1, -0.05) is 32.9 Å². The monoisotopic (exact) mass is 383 g/mol. The molecule has 0 saturated carbocycles. The van der Waals surface area contributed by atoms with Crippen molar-refractivity contribution in [2.24, 2.45) is 5.92 Å². The Morgan fingerprint density at radius 3 is 2.25 bits per heavy atom. The summed E-state index contributed by atoms with van der Waals surface area (Å²) in [6.07, 6.45) is 1.26. The smallest absolute Gasteiger partial charge is 0.243 e. The summed E-state index contributed by atoms with van der Waals surface area (Å²) in [5, 5.41) is 8.74. The lowest BCUT2D eigenvalue weighted by Gasteiger charge is -2.12. The van der Waals surface area contributed by atoms with E-state index < -0.39 is 0 Å². The Hall–Kier alpha value is -3.02. The Kier molecular flexibility index (Phi) is 8.34. The van der Waals surface area contributed by atoms with Crippen LogP contribution in [0, 0.1) is 5.92 Å². The van der Waals surface area contributed by atoms with Crippen molar-refractivity contribution in [1.29, 1.82) is 0 Å². The highest BCUT2D eigenvalue weighted by atomic mass is 16.5. The van der Waals surface area contributed by atoms with Crippen LogP contribution in [-0.4, -0.2) is 25.0 Å². The van der Waals surface area contributed by atoms with Crippen LogP contribution in [0.3, 0.4) is 0 Å². The van der Waals surface area contributed by atoms with Crippen LogP contribution in [0.5, 0.6) is 5.75 Å². The van der Waals surface area contributed by atoms with E-state index in [1.165, 1.54) is 0 Å². The molecular formula is C22H29N3O3. The molecule has 0 aliphatic carbocycles. The third-order valence-electron chi connectivity index (χ3n) is 3.78. The minimum atomic E-state index is -0.175. The number of carbonyl (C=O) groups excluding carboxylic acids is 2. The molecule has 150 valence electrons. The molecule has 0 aliphatic rings. The van der Waals surface area contributed by atoms with Crippen LogP contribution in [0.15, 0.2) is 48.5 Å². The zero-order chi connectivity index (χ0) is 20.4. The van der Waals surface area contributed by atoms with Crippen LogP contribution < -0.4 is 20.7 Å². The van der Waals surface area contributed by atoms with Crippen LogP contribution in [0.1, 0.15) is 33.6 Å². The molecule has 6 heteroatoms. The van der Waals surface area contributed by atoms with E-state index in [9.17, 15) is 9.59 Å². The SMILES string of the molecule is CCCC(=O)Nc1cccc(NC(=O)CNc2cccc(OCC(C)C)c2)c1. The zero-order valence-corrected chi connectivity index (χ0v) is 16.7. The van der Waals surface area contributed by atoms with Crippen molar-refractivity contribution in [3.8, 4) is 5.75 Å². The van der Waals surface area contributed by atoms with Crippen molar-refractivity contribution < 1.29 is 14.3 Å². The molecule has 2 amide bonds. The standard InChI is InChI=1S/C22H29N3O3/c1-4-7-21(26)24-18-9-5-10-19(12-18)25-22(27)14-23-17-8-6-11-20(13-17)28-15-16(2)3/h5-6,8-13,16,23H,4,7,14-15H2,1-3H3,(H,24,26)(H,25,27). The molecule has 0 bridgehead atoms. The van der Waals surface area contributed by atoms with E-state index in [1.54, 1.807) is 24.3 Å². The molecule has 6 nitrogen and oxygen atoms in total. The van der Waals surface area contributed by atoms with Crippen molar-refractivity contribution in [1.82, 2.24) is 0 Å². The molecule has 0 aromatic heterocycles. The maximum atomic E-state index is 12.2. The normalized spacial score (nSPS) is 10.4. The summed E-state index contributed by atoms with van der Waals surface area (Å²) in [4.78, 5) is 23.9. The highest BCUT2D eigenvalue weighted by molar-refractivity contribution is 5.95. The molecule has 2 rings (SSSR count). The van der Waals surface area contributed by atoms with Gasteiger partial charge >= 0.3 is 0 Å². The molecule has 0 fully saturated rings. The Morgan fingerprint density at radius 1 is 0.929 bits per heavy atom. The molecule has 0 heterocycles. The number of carbonyl (C=O) groups is 2. The summed E-state index contributed by atoms with van der Waals surface area (Å²) in [6.45, 7) is 6.91. The van der Waals surface area contributed by atoms with Crippen LogP contribution in [0.4, 0.5) is 17.1 Å². The lowest BCUT2D eigenvalue weighted by molar-refractivity contribution is -0.116. The van der Waals surface area contributed by atoms with Gasteiger partial charge in [0.05, 0.1) is 13.2 Å². The Morgan fingerprint density at radius 2 is 1.57 bits per heavy atom. The van der Waals surface area contributed by atoms with Gasteiger partial charge in [0.1, 0.15) is 5.75 Å². The van der Waals surface area contributed by atoms with Crippen molar-refractivity contribution in [3.05, 3.63) is 48.5 Å². The number of ether oxygens (including phenoxy) is 1. The quantitative estimate of drug-likeness (QED) is 0.564. The van der Waals surface area contributed by atoms with Crippen molar-refractivity contribution in [2.75, 3.05) is 29.1 Å². The van der Waals surface area contributed by atoms with E-state index in [1.807, 2.05) is 31.2 Å². The molecule has 2 aromatic carbocycles. The third kappa shape index (κ3) is 7.70. The van der Waals surface area contributed by atoms with Crippen molar-refractivity contribution >= 4 is 28.9 Å². The first-order chi connectivity index (χ1) is 13.5. The minimum Gasteiger partial charge on any atom is -0.493 e. The Balaban J connectivity index is 1.86. The fourth-order valence-electron chi connectivity index (χ4n) is 2.47. The predicted molar refractivity (Wildman–Crippen MR) is 114 cm³/mol. The molecular weight excluding hydrogens is 354 g/mol. The minimum absolute atomic E-state index is 0.0350. The number of anilines is 3. The van der Waals surface area contributed by atoms with E-state index in [-0.39, 0.29) is 18.4 Å². The average molecular weight is 383 g/mol. The van der Waals surface area contributed by atoms with Gasteiger partial charge in [-0.25, -0.2) is 0 Å². The lowest BCUT2D eigenvalue weighted by Crippen LogP contribution is -2.21. The largest absolute Gasteiger partial charge is 0.493 e. The zero-order valence-electron chi connectivity index (χ0n) is 16.7. The first-order valence-electron chi connectivity index (χ1n) is 9.62. The molecule has 2 aromatic rings. The van der Waals surface area contributed by atoms with E-state index >= 15 is 0 Å². The molecule has 0 spiro atoms. The molecule has 0 radical (unpaired) electrons. The highest BCUT2D eigenvalue weighted by Crippen LogP contribution is 2.18. The van der Waals surface area contributed by atoms with Crippen LogP contribution >= 0.6 is 0 Å². The van der Waals surface area contributed by atoms with Crippen LogP contribution in [0.25, 0.3) is 0 Å². The molecule has 0 atom stereocenters. The number of nitrogens with one attached hydrogen (secondary N) is 3. The van der Waals surface area contributed by atoms with Gasteiger partial charge in [-0.15, -0.1) is 0 Å². The van der Waals surface area contributed by atoms with Gasteiger partial charge in [0, 0.05) is 29.5 Å². The second-order valence-corrected chi connectivity index (χ2v) is 7.01. The van der Waals surface area contributed by atoms with Gasteiger partial charge in [0.25, 0.3) is 0 Å². The van der Waals surface area contributed by atoms with Gasteiger partial charge in [-0.05, 0) is 42.7 Å². The second-order valence-electron chi connectivity index (χ2n) is 7.01. The summed E-state index contributed by atoms with van der Waals surface area (Å²) >= 11 is 0. The summed E-state index contributed by atoms with van der Waals surface area (Å²) < 4.78 is 5.70. The maximum Gasteiger partial charge on any atom is 0.243 e. The molecule has 0 unspecified atom stereocenters. The molecule has 0 saturated heterocycles.